The fourth-order valence-electron chi connectivity index (χ4n) is 1.41. The maximum atomic E-state index is 6.12. The molecule has 3 nitrogen and oxygen atoms in total. The highest BCUT2D eigenvalue weighted by atomic mass is 79.9. The minimum Gasteiger partial charge on any atom is -0.378 e. The number of nitrogens with one attached hydrogen (secondary N) is 2. The number of aryl methyl sites for hydroxylation is 1. The van der Waals surface area contributed by atoms with E-state index in [1.54, 1.807) is 6.20 Å². The smallest absolute Gasteiger partial charge is 0.103 e. The molecule has 0 aliphatic rings. The molecule has 6 heteroatoms. The fourth-order valence-corrected chi connectivity index (χ4v) is 2.26. The van der Waals surface area contributed by atoms with Gasteiger partial charge in [-0.25, -0.2) is 4.98 Å². The Labute approximate surface area is 118 Å². The molecule has 0 spiro atoms. The quantitative estimate of drug-likeness (QED) is 0.817. The maximum absolute atomic E-state index is 6.12. The van der Waals surface area contributed by atoms with E-state index in [2.05, 4.69) is 31.2 Å². The van der Waals surface area contributed by atoms with Crippen LogP contribution < -0.4 is 5.32 Å². The molecule has 0 aliphatic carbocycles. The Morgan fingerprint density at radius 1 is 1.35 bits per heavy atom. The van der Waals surface area contributed by atoms with Crippen molar-refractivity contribution in [1.82, 2.24) is 9.97 Å². The van der Waals surface area contributed by atoms with E-state index in [9.17, 15) is 0 Å². The zero-order chi connectivity index (χ0) is 12.4. The van der Waals surface area contributed by atoms with Crippen molar-refractivity contribution in [3.8, 4) is 0 Å². The molecule has 1 aromatic carbocycles. The van der Waals surface area contributed by atoms with Gasteiger partial charge in [-0.2, -0.15) is 0 Å². The average Bonchev–Trinajstić information content (AvgIpc) is 2.71. The van der Waals surface area contributed by atoms with Gasteiger partial charge in [-0.05, 0) is 35.0 Å². The third-order valence-corrected chi connectivity index (χ3v) is 4.03. The summed E-state index contributed by atoms with van der Waals surface area (Å²) >= 11 is 15.5. The van der Waals surface area contributed by atoms with Crippen LogP contribution in [0.5, 0.6) is 0 Å². The molecule has 1 aromatic heterocycles. The van der Waals surface area contributed by atoms with Crippen molar-refractivity contribution in [3.63, 3.8) is 0 Å². The molecule has 0 atom stereocenters. The molecule has 0 saturated carbocycles. The standard InChI is InChI=1S/C11H10BrCl2N3/c1-6-15-4-7(17-6)5-16-9-3-2-8(12)10(13)11(9)14/h2-4,16H,5H2,1H3,(H,15,17). The topological polar surface area (TPSA) is 40.7 Å². The molecule has 0 saturated heterocycles. The van der Waals surface area contributed by atoms with Crippen LogP contribution in [0.15, 0.2) is 22.8 Å². The molecule has 0 amide bonds. The molecule has 90 valence electrons. The van der Waals surface area contributed by atoms with E-state index in [1.807, 2.05) is 19.1 Å². The summed E-state index contributed by atoms with van der Waals surface area (Å²) in [6.07, 6.45) is 1.79. The molecule has 0 aliphatic heterocycles. The summed E-state index contributed by atoms with van der Waals surface area (Å²) in [6.45, 7) is 2.53. The van der Waals surface area contributed by atoms with Gasteiger partial charge in [0.15, 0.2) is 0 Å². The fraction of sp³-hybridized carbons (Fsp3) is 0.182. The predicted octanol–water partition coefficient (Wildman–Crippen LogP) is 4.40. The van der Waals surface area contributed by atoms with Crippen LogP contribution >= 0.6 is 39.1 Å². The first-order valence-electron chi connectivity index (χ1n) is 4.96. The van der Waals surface area contributed by atoms with E-state index in [-0.39, 0.29) is 0 Å². The molecule has 2 rings (SSSR count). The Morgan fingerprint density at radius 2 is 2.12 bits per heavy atom. The van der Waals surface area contributed by atoms with E-state index < -0.39 is 0 Å². The van der Waals surface area contributed by atoms with Crippen molar-refractivity contribution in [1.29, 1.82) is 0 Å². The number of hydrogen-bond donors (Lipinski definition) is 2. The van der Waals surface area contributed by atoms with E-state index in [0.717, 1.165) is 21.7 Å². The highest BCUT2D eigenvalue weighted by molar-refractivity contribution is 9.10. The second kappa shape index (κ2) is 5.29. The summed E-state index contributed by atoms with van der Waals surface area (Å²) in [5.41, 5.74) is 1.80. The van der Waals surface area contributed by atoms with Gasteiger partial charge >= 0.3 is 0 Å². The number of benzene rings is 1. The monoisotopic (exact) mass is 333 g/mol. The van der Waals surface area contributed by atoms with E-state index in [1.165, 1.54) is 0 Å². The molecule has 0 fully saturated rings. The molecule has 17 heavy (non-hydrogen) atoms. The number of H-pyrrole nitrogens is 1. The number of imidazole rings is 1. The van der Waals surface area contributed by atoms with Crippen molar-refractivity contribution in [2.75, 3.05) is 5.32 Å². The predicted molar refractivity (Wildman–Crippen MR) is 74.8 cm³/mol. The lowest BCUT2D eigenvalue weighted by atomic mass is 10.3. The summed E-state index contributed by atoms with van der Waals surface area (Å²) in [7, 11) is 0. The molecule has 0 radical (unpaired) electrons. The Bertz CT molecular complexity index is 540. The van der Waals surface area contributed by atoms with Crippen LogP contribution in [-0.4, -0.2) is 9.97 Å². The third-order valence-electron chi connectivity index (χ3n) is 2.26. The first-order valence-corrected chi connectivity index (χ1v) is 6.50. The van der Waals surface area contributed by atoms with Gasteiger partial charge in [-0.15, -0.1) is 0 Å². The Balaban J connectivity index is 2.12. The lowest BCUT2D eigenvalue weighted by molar-refractivity contribution is 1.05. The Morgan fingerprint density at radius 3 is 2.76 bits per heavy atom. The second-order valence-corrected chi connectivity index (χ2v) is 5.18. The van der Waals surface area contributed by atoms with Crippen LogP contribution in [0, 0.1) is 6.92 Å². The minimum atomic E-state index is 0.511. The molecular formula is C11H10BrCl2N3. The van der Waals surface area contributed by atoms with E-state index in [0.29, 0.717) is 16.6 Å². The van der Waals surface area contributed by atoms with Crippen LogP contribution in [0.4, 0.5) is 5.69 Å². The van der Waals surface area contributed by atoms with Gasteiger partial charge in [0.1, 0.15) is 5.82 Å². The highest BCUT2D eigenvalue weighted by Crippen LogP contribution is 2.35. The van der Waals surface area contributed by atoms with Crippen molar-refractivity contribution >= 4 is 44.8 Å². The average molecular weight is 335 g/mol. The van der Waals surface area contributed by atoms with E-state index >= 15 is 0 Å². The molecule has 0 unspecified atom stereocenters. The molecule has 2 N–H and O–H groups in total. The van der Waals surface area contributed by atoms with Crippen molar-refractivity contribution in [3.05, 3.63) is 44.4 Å². The van der Waals surface area contributed by atoms with Crippen molar-refractivity contribution < 1.29 is 0 Å². The van der Waals surface area contributed by atoms with Gasteiger partial charge in [0.05, 0.1) is 34.2 Å². The number of anilines is 1. The van der Waals surface area contributed by atoms with Gasteiger partial charge in [0.2, 0.25) is 0 Å². The second-order valence-electron chi connectivity index (χ2n) is 3.57. The van der Waals surface area contributed by atoms with Crippen LogP contribution in [0.3, 0.4) is 0 Å². The SMILES string of the molecule is Cc1ncc(CNc2ccc(Br)c(Cl)c2Cl)[nH]1. The van der Waals surface area contributed by atoms with Gasteiger partial charge in [0, 0.05) is 4.47 Å². The van der Waals surface area contributed by atoms with Gasteiger partial charge in [-0.1, -0.05) is 23.2 Å². The maximum Gasteiger partial charge on any atom is 0.103 e. The summed E-state index contributed by atoms with van der Waals surface area (Å²) in [5, 5.41) is 4.23. The number of halogens is 3. The summed E-state index contributed by atoms with van der Waals surface area (Å²) in [4.78, 5) is 7.25. The molecule has 0 bridgehead atoms. The number of rotatable bonds is 3. The summed E-state index contributed by atoms with van der Waals surface area (Å²) < 4.78 is 0.784. The first kappa shape index (κ1) is 12.7. The van der Waals surface area contributed by atoms with Gasteiger partial charge < -0.3 is 10.3 Å². The largest absolute Gasteiger partial charge is 0.378 e. The minimum absolute atomic E-state index is 0.511. The van der Waals surface area contributed by atoms with Crippen LogP contribution in [-0.2, 0) is 6.54 Å². The third kappa shape index (κ3) is 2.94. The highest BCUT2D eigenvalue weighted by Gasteiger charge is 2.08. The first-order chi connectivity index (χ1) is 8.08. The zero-order valence-corrected chi connectivity index (χ0v) is 12.1. The van der Waals surface area contributed by atoms with Gasteiger partial charge in [-0.3, -0.25) is 0 Å². The Kier molecular flexibility index (Phi) is 3.97. The van der Waals surface area contributed by atoms with Gasteiger partial charge in [0.25, 0.3) is 0 Å². The summed E-state index contributed by atoms with van der Waals surface area (Å²) in [5.74, 6) is 0.890. The van der Waals surface area contributed by atoms with E-state index in [4.69, 9.17) is 23.2 Å². The summed E-state index contributed by atoms with van der Waals surface area (Å²) in [6, 6.07) is 3.73. The number of aromatic nitrogens is 2. The van der Waals surface area contributed by atoms with Crippen molar-refractivity contribution in [2.24, 2.45) is 0 Å². The lowest BCUT2D eigenvalue weighted by Gasteiger charge is -2.09. The molecule has 2 aromatic rings. The lowest BCUT2D eigenvalue weighted by Crippen LogP contribution is -2.00. The number of nitrogens with zero attached hydrogens (tertiary/aromatic N) is 1. The zero-order valence-electron chi connectivity index (χ0n) is 9.02. The number of aromatic amines is 1. The molecular weight excluding hydrogens is 325 g/mol. The normalized spacial score (nSPS) is 10.6. The van der Waals surface area contributed by atoms with Crippen molar-refractivity contribution in [2.45, 2.75) is 13.5 Å². The number of hydrogen-bond acceptors (Lipinski definition) is 2. The van der Waals surface area contributed by atoms with Crippen LogP contribution in [0.2, 0.25) is 10.0 Å². The van der Waals surface area contributed by atoms with Crippen LogP contribution in [0.1, 0.15) is 11.5 Å². The molecule has 1 heterocycles. The Hall–Kier alpha value is -0.710. The van der Waals surface area contributed by atoms with Crippen LogP contribution in [0.25, 0.3) is 0 Å².